The van der Waals surface area contributed by atoms with Crippen molar-refractivity contribution < 1.29 is 55.4 Å². The lowest BCUT2D eigenvalue weighted by Crippen LogP contribution is -2.53. The number of alkyl halides is 6. The number of halogens is 8. The molecular weight excluding hydrogens is 815 g/mol. The Morgan fingerprint density at radius 3 is 2.09 bits per heavy atom. The lowest BCUT2D eigenvalue weighted by atomic mass is 9.49. The predicted octanol–water partition coefficient (Wildman–Crippen LogP) is 8.93. The summed E-state index contributed by atoms with van der Waals surface area (Å²) in [7, 11) is 1.44. The van der Waals surface area contributed by atoms with Crippen LogP contribution in [0.15, 0.2) is 96.6 Å². The standard InChI is InChI=1S/C41H29Cl2F6N3O6/c1-58-26-8-5-20(6-9-26)39-30(36(55)52(38(39)57)50-32-12-7-23(42)17-31(32)43)18-29-27(34(39)19-3-2-4-25(53)13-19)10-11-28-33(29)37(56)51(35(28)54)24-15-21(40(44,45)46)14-22(16-24)41(47,48)49/h2-10,12-17,28-30,33-34,50,53H,11,18H2,1H3/t28-,29+,30-,33-,34-,39+/m0/s1. The number of phenols is 1. The summed E-state index contributed by atoms with van der Waals surface area (Å²) >= 11 is 12.6. The van der Waals surface area contributed by atoms with Crippen LogP contribution in [0.3, 0.4) is 0 Å². The number of amides is 4. The zero-order valence-electron chi connectivity index (χ0n) is 29.9. The Morgan fingerprint density at radius 1 is 0.810 bits per heavy atom. The molecule has 2 aliphatic heterocycles. The van der Waals surface area contributed by atoms with Crippen LogP contribution < -0.4 is 15.1 Å². The molecule has 4 aliphatic rings. The highest BCUT2D eigenvalue weighted by Crippen LogP contribution is 2.64. The van der Waals surface area contributed by atoms with Crippen LogP contribution in [0.5, 0.6) is 11.5 Å². The van der Waals surface area contributed by atoms with Crippen molar-refractivity contribution in [3.63, 3.8) is 0 Å². The summed E-state index contributed by atoms with van der Waals surface area (Å²) < 4.78 is 88.9. The molecule has 3 fully saturated rings. The number of benzene rings is 4. The fourth-order valence-corrected chi connectivity index (χ4v) is 9.70. The van der Waals surface area contributed by atoms with Gasteiger partial charge in [-0.25, -0.2) is 4.90 Å². The zero-order valence-corrected chi connectivity index (χ0v) is 31.4. The maximum atomic E-state index is 15.3. The first kappa shape index (κ1) is 39.3. The van der Waals surface area contributed by atoms with Gasteiger partial charge in [-0.05, 0) is 90.6 Å². The molecule has 58 heavy (non-hydrogen) atoms. The number of rotatable bonds is 6. The first-order valence-electron chi connectivity index (χ1n) is 17.8. The Labute approximate surface area is 335 Å². The van der Waals surface area contributed by atoms with E-state index in [4.69, 9.17) is 27.9 Å². The van der Waals surface area contributed by atoms with Gasteiger partial charge in [0.15, 0.2) is 0 Å². The molecule has 0 radical (unpaired) electrons. The summed E-state index contributed by atoms with van der Waals surface area (Å²) in [6, 6.07) is 17.3. The van der Waals surface area contributed by atoms with Crippen LogP contribution in [0.2, 0.25) is 10.0 Å². The minimum Gasteiger partial charge on any atom is -0.508 e. The van der Waals surface area contributed by atoms with Crippen LogP contribution in [0, 0.1) is 23.7 Å². The van der Waals surface area contributed by atoms with E-state index in [1.54, 1.807) is 36.4 Å². The number of methoxy groups -OCH3 is 1. The molecule has 300 valence electrons. The van der Waals surface area contributed by atoms with E-state index in [1.165, 1.54) is 43.5 Å². The minimum absolute atomic E-state index is 0.0728. The Hall–Kier alpha value is -5.54. The molecule has 4 aromatic rings. The van der Waals surface area contributed by atoms with Crippen molar-refractivity contribution in [2.45, 2.75) is 36.5 Å². The summed E-state index contributed by atoms with van der Waals surface area (Å²) in [6.07, 6.45) is -9.27. The highest BCUT2D eigenvalue weighted by molar-refractivity contribution is 6.36. The molecule has 4 amide bonds. The van der Waals surface area contributed by atoms with E-state index in [9.17, 15) is 45.8 Å². The van der Waals surface area contributed by atoms with E-state index in [0.29, 0.717) is 39.5 Å². The highest BCUT2D eigenvalue weighted by atomic mass is 35.5. The Kier molecular flexibility index (Phi) is 9.35. The Balaban J connectivity index is 1.30. The first-order valence-corrected chi connectivity index (χ1v) is 18.5. The number of ether oxygens (including phenoxy) is 1. The maximum Gasteiger partial charge on any atom is 0.416 e. The molecule has 9 nitrogen and oxygen atoms in total. The second-order valence-electron chi connectivity index (χ2n) is 14.6. The van der Waals surface area contributed by atoms with Gasteiger partial charge in [-0.3, -0.25) is 24.6 Å². The van der Waals surface area contributed by atoms with Crippen LogP contribution in [-0.2, 0) is 36.9 Å². The van der Waals surface area contributed by atoms with Gasteiger partial charge in [-0.15, -0.1) is 0 Å². The third-order valence-electron chi connectivity index (χ3n) is 11.6. The molecule has 2 saturated heterocycles. The normalized spacial score (nSPS) is 25.7. The lowest BCUT2D eigenvalue weighted by Gasteiger charge is -2.50. The molecule has 6 atom stereocenters. The molecule has 1 saturated carbocycles. The second-order valence-corrected chi connectivity index (χ2v) is 15.4. The number of aromatic hydroxyl groups is 1. The molecule has 17 heteroatoms. The number of anilines is 2. The average Bonchev–Trinajstić information content (AvgIpc) is 3.55. The van der Waals surface area contributed by atoms with Gasteiger partial charge in [0, 0.05) is 10.9 Å². The Morgan fingerprint density at radius 2 is 1.48 bits per heavy atom. The zero-order chi connectivity index (χ0) is 41.6. The van der Waals surface area contributed by atoms with E-state index in [1.807, 2.05) is 0 Å². The molecule has 2 aliphatic carbocycles. The molecule has 0 unspecified atom stereocenters. The van der Waals surface area contributed by atoms with Gasteiger partial charge < -0.3 is 9.84 Å². The number of nitrogens with zero attached hydrogens (tertiary/aromatic N) is 2. The van der Waals surface area contributed by atoms with Gasteiger partial charge in [0.05, 0.1) is 57.8 Å². The summed E-state index contributed by atoms with van der Waals surface area (Å²) in [5.74, 6) is -9.29. The van der Waals surface area contributed by atoms with E-state index in [-0.39, 0.29) is 40.4 Å². The van der Waals surface area contributed by atoms with Gasteiger partial charge >= 0.3 is 12.4 Å². The van der Waals surface area contributed by atoms with Crippen LogP contribution in [0.4, 0.5) is 37.7 Å². The number of nitrogens with one attached hydrogen (secondary N) is 1. The summed E-state index contributed by atoms with van der Waals surface area (Å²) in [4.78, 5) is 59.1. The van der Waals surface area contributed by atoms with Crippen molar-refractivity contribution in [3.05, 3.63) is 129 Å². The summed E-state index contributed by atoms with van der Waals surface area (Å²) in [5.41, 5.74) is -1.98. The molecular formula is C41H29Cl2F6N3O6. The number of hydrogen-bond acceptors (Lipinski definition) is 7. The van der Waals surface area contributed by atoms with Gasteiger partial charge in [0.1, 0.15) is 11.5 Å². The lowest BCUT2D eigenvalue weighted by molar-refractivity contribution is -0.143. The van der Waals surface area contributed by atoms with Crippen molar-refractivity contribution in [1.82, 2.24) is 5.01 Å². The first-order chi connectivity index (χ1) is 27.4. The van der Waals surface area contributed by atoms with Crippen molar-refractivity contribution in [3.8, 4) is 11.5 Å². The SMILES string of the molecule is COc1ccc([C@@]23C(=O)N(Nc4ccc(Cl)cc4Cl)C(=O)[C@@H]2C[C@@H]2C(=CC[C@@H]4C(=O)N(c5cc(C(F)(F)F)cc(C(F)(F)F)c5)C(=O)[C@@H]42)[C@@H]3c2cccc(O)c2)cc1. The molecule has 0 aromatic heterocycles. The fourth-order valence-electron chi connectivity index (χ4n) is 9.24. The molecule has 0 spiro atoms. The van der Waals surface area contributed by atoms with E-state index >= 15 is 4.79 Å². The smallest absolute Gasteiger partial charge is 0.416 e. The molecule has 4 aromatic carbocycles. The van der Waals surface area contributed by atoms with E-state index in [2.05, 4.69) is 5.43 Å². The predicted molar refractivity (Wildman–Crippen MR) is 198 cm³/mol. The fraction of sp³-hybridized carbons (Fsp3) is 0.268. The quantitative estimate of drug-likeness (QED) is 0.113. The van der Waals surface area contributed by atoms with Crippen molar-refractivity contribution in [2.24, 2.45) is 23.7 Å². The van der Waals surface area contributed by atoms with E-state index in [0.717, 1.165) is 5.01 Å². The number of carbonyl (C=O) groups excluding carboxylic acids is 4. The molecule has 2 N–H and O–H groups in total. The van der Waals surface area contributed by atoms with Crippen LogP contribution in [-0.4, -0.2) is 40.9 Å². The second kappa shape index (κ2) is 13.8. The highest BCUT2D eigenvalue weighted by Gasteiger charge is 2.70. The van der Waals surface area contributed by atoms with Crippen LogP contribution >= 0.6 is 23.2 Å². The van der Waals surface area contributed by atoms with Crippen molar-refractivity contribution >= 4 is 58.2 Å². The summed E-state index contributed by atoms with van der Waals surface area (Å²) in [5, 5.41) is 11.9. The average molecular weight is 845 g/mol. The number of carbonyl (C=O) groups is 4. The van der Waals surface area contributed by atoms with Crippen molar-refractivity contribution in [1.29, 1.82) is 0 Å². The van der Waals surface area contributed by atoms with Gasteiger partial charge in [0.25, 0.3) is 11.8 Å². The largest absolute Gasteiger partial charge is 0.508 e. The van der Waals surface area contributed by atoms with Crippen molar-refractivity contribution in [2.75, 3.05) is 17.4 Å². The van der Waals surface area contributed by atoms with E-state index < -0.39 is 87.8 Å². The third-order valence-corrected chi connectivity index (χ3v) is 12.2. The van der Waals surface area contributed by atoms with Gasteiger partial charge in [-0.1, -0.05) is 59.1 Å². The molecule has 2 heterocycles. The number of allylic oxidation sites excluding steroid dienone is 2. The molecule has 8 rings (SSSR count). The minimum atomic E-state index is -5.25. The monoisotopic (exact) mass is 843 g/mol. The number of imide groups is 2. The van der Waals surface area contributed by atoms with Crippen LogP contribution in [0.1, 0.15) is 41.0 Å². The topological polar surface area (TPSA) is 116 Å². The number of hydrazine groups is 1. The Bertz CT molecular complexity index is 2410. The maximum absolute atomic E-state index is 15.3. The number of phenolic OH excluding ortho intramolecular Hbond substituents is 1. The van der Waals surface area contributed by atoms with Crippen LogP contribution in [0.25, 0.3) is 0 Å². The number of hydrogen-bond donors (Lipinski definition) is 2. The molecule has 0 bridgehead atoms. The third kappa shape index (κ3) is 6.08. The number of fused-ring (bicyclic) bond motifs is 4. The van der Waals surface area contributed by atoms with Gasteiger partial charge in [0.2, 0.25) is 11.8 Å². The summed E-state index contributed by atoms with van der Waals surface area (Å²) in [6.45, 7) is 0. The van der Waals surface area contributed by atoms with Gasteiger partial charge in [-0.2, -0.15) is 31.4 Å².